The average Bonchev–Trinajstić information content (AvgIpc) is 2.29. The fourth-order valence-corrected chi connectivity index (χ4v) is 1.86. The average molecular weight is 221 g/mol. The third-order valence-electron chi connectivity index (χ3n) is 3.05. The van der Waals surface area contributed by atoms with Crippen molar-refractivity contribution >= 4 is 15.7 Å². The highest BCUT2D eigenvalue weighted by Gasteiger charge is 2.14. The first-order chi connectivity index (χ1) is 7.98. The van der Waals surface area contributed by atoms with E-state index in [0.717, 1.165) is 5.69 Å². The lowest BCUT2D eigenvalue weighted by atomic mass is 9.53. The summed E-state index contributed by atoms with van der Waals surface area (Å²) in [6.45, 7) is 4.33. The minimum Gasteiger partial charge on any atom is -0.256 e. The molecule has 0 radical (unpaired) electrons. The molecule has 0 aliphatic carbocycles. The second kappa shape index (κ2) is 4.40. The van der Waals surface area contributed by atoms with Crippen LogP contribution in [0.3, 0.4) is 0 Å². The van der Waals surface area contributed by atoms with Gasteiger partial charge in [-0.2, -0.15) is 0 Å². The molecule has 0 bridgehead atoms. The molecule has 84 valence electrons. The molecule has 0 N–H and O–H groups in total. The lowest BCUT2D eigenvalue weighted by Crippen LogP contribution is -2.21. The van der Waals surface area contributed by atoms with E-state index in [0.29, 0.717) is 0 Å². The fraction of sp³-hybridized carbons (Fsp3) is 0.214. The van der Waals surface area contributed by atoms with Gasteiger partial charge in [0, 0.05) is 11.8 Å². The smallest absolute Gasteiger partial charge is 0.104 e. The lowest BCUT2D eigenvalue weighted by molar-refractivity contribution is 0.958. The summed E-state index contributed by atoms with van der Waals surface area (Å²) in [5.41, 5.74) is 4.81. The van der Waals surface area contributed by atoms with Crippen molar-refractivity contribution in [2.24, 2.45) is 0 Å². The number of rotatable bonds is 2. The number of pyridine rings is 1. The van der Waals surface area contributed by atoms with Gasteiger partial charge >= 0.3 is 0 Å². The number of nitrogens with zero attached hydrogens (tertiary/aromatic N) is 1. The molecule has 0 unspecified atom stereocenters. The lowest BCUT2D eigenvalue weighted by Gasteiger charge is -2.18. The van der Waals surface area contributed by atoms with Crippen LogP contribution in [0.1, 0.15) is 18.1 Å². The Balaban J connectivity index is 2.40. The summed E-state index contributed by atoms with van der Waals surface area (Å²) >= 11 is 0. The van der Waals surface area contributed by atoms with Crippen molar-refractivity contribution in [1.82, 2.24) is 4.98 Å². The van der Waals surface area contributed by atoms with E-state index in [2.05, 4.69) is 70.9 Å². The maximum absolute atomic E-state index is 4.58. The Morgan fingerprint density at radius 1 is 1.06 bits per heavy atom. The van der Waals surface area contributed by atoms with E-state index >= 15 is 0 Å². The quantitative estimate of drug-likeness (QED) is 0.700. The second-order valence-electron chi connectivity index (χ2n) is 5.50. The minimum atomic E-state index is 0.164. The van der Waals surface area contributed by atoms with Gasteiger partial charge in [0.2, 0.25) is 0 Å². The number of hydrogen-bond acceptors (Lipinski definition) is 1. The summed E-state index contributed by atoms with van der Waals surface area (Å²) in [6.07, 6.45) is 1.99. The van der Waals surface area contributed by atoms with Gasteiger partial charge in [-0.3, -0.25) is 4.98 Å². The minimum absolute atomic E-state index is 0.164. The third-order valence-corrected chi connectivity index (χ3v) is 3.05. The predicted octanol–water partition coefficient (Wildman–Crippen LogP) is 1.50. The van der Waals surface area contributed by atoms with Crippen LogP contribution in [0, 0.1) is 6.92 Å². The molecule has 1 nitrogen and oxygen atoms in total. The highest BCUT2D eigenvalue weighted by atomic mass is 14.7. The Morgan fingerprint density at radius 2 is 1.76 bits per heavy atom. The third kappa shape index (κ3) is 2.60. The maximum Gasteiger partial charge on any atom is 0.104 e. The summed E-state index contributed by atoms with van der Waals surface area (Å²) in [6, 6.07) is 12.6. The highest BCUT2D eigenvalue weighted by Crippen LogP contribution is 2.23. The predicted molar refractivity (Wildman–Crippen MR) is 78.9 cm³/mol. The Morgan fingerprint density at radius 3 is 2.29 bits per heavy atom. The molecule has 17 heavy (non-hydrogen) atoms. The summed E-state index contributed by atoms with van der Waals surface area (Å²) in [7, 11) is 4.41. The molecule has 0 aliphatic heterocycles. The number of aryl methyl sites for hydroxylation is 1. The Labute approximate surface area is 105 Å². The normalized spacial score (nSPS) is 11.4. The molecule has 0 atom stereocenters. The summed E-state index contributed by atoms with van der Waals surface area (Å²) < 4.78 is 0. The van der Waals surface area contributed by atoms with E-state index in [1.807, 2.05) is 6.20 Å². The van der Waals surface area contributed by atoms with E-state index in [9.17, 15) is 0 Å². The molecule has 1 heterocycles. The number of benzene rings is 1. The van der Waals surface area contributed by atoms with Crippen molar-refractivity contribution in [2.75, 3.05) is 0 Å². The van der Waals surface area contributed by atoms with Crippen molar-refractivity contribution < 1.29 is 0 Å². The zero-order valence-electron chi connectivity index (χ0n) is 11.0. The maximum atomic E-state index is 4.58. The monoisotopic (exact) mass is 221 g/mol. The van der Waals surface area contributed by atoms with Gasteiger partial charge in [-0.15, -0.1) is 0 Å². The zero-order chi connectivity index (χ0) is 12.5. The molecule has 2 aromatic rings. The van der Waals surface area contributed by atoms with Gasteiger partial charge in [0.25, 0.3) is 0 Å². The molecule has 1 aromatic carbocycles. The standard InChI is InChI=1S/C14H17B2N/c1-10-5-3-4-6-12(10)13-8-7-11(9-17-13)14(2,15)16/h3-9H,15-16H2,1-2H3. The largest absolute Gasteiger partial charge is 0.256 e. The van der Waals surface area contributed by atoms with Crippen LogP contribution in [0.2, 0.25) is 0 Å². The molecular weight excluding hydrogens is 204 g/mol. The molecule has 0 aliphatic rings. The molecule has 0 fully saturated rings. The van der Waals surface area contributed by atoms with Gasteiger partial charge in [0.15, 0.2) is 0 Å². The van der Waals surface area contributed by atoms with Crippen molar-refractivity contribution in [2.45, 2.75) is 19.1 Å². The molecule has 2 rings (SSSR count). The molecule has 0 saturated carbocycles. The van der Waals surface area contributed by atoms with Crippen molar-refractivity contribution in [3.63, 3.8) is 0 Å². The van der Waals surface area contributed by atoms with Crippen LogP contribution in [0.4, 0.5) is 0 Å². The van der Waals surface area contributed by atoms with Gasteiger partial charge in [0.1, 0.15) is 15.7 Å². The first-order valence-corrected chi connectivity index (χ1v) is 6.01. The fourth-order valence-electron chi connectivity index (χ4n) is 1.86. The molecular formula is C14H17B2N. The molecule has 0 spiro atoms. The van der Waals surface area contributed by atoms with Gasteiger partial charge in [-0.1, -0.05) is 42.5 Å². The van der Waals surface area contributed by atoms with E-state index in [4.69, 9.17) is 0 Å². The van der Waals surface area contributed by atoms with E-state index < -0.39 is 0 Å². The van der Waals surface area contributed by atoms with E-state index in [1.165, 1.54) is 16.7 Å². The van der Waals surface area contributed by atoms with Crippen molar-refractivity contribution in [3.05, 3.63) is 53.7 Å². The molecule has 0 amide bonds. The van der Waals surface area contributed by atoms with Crippen LogP contribution in [-0.2, 0) is 5.21 Å². The first-order valence-electron chi connectivity index (χ1n) is 6.01. The summed E-state index contributed by atoms with van der Waals surface area (Å²) in [4.78, 5) is 4.58. The van der Waals surface area contributed by atoms with Gasteiger partial charge in [0.05, 0.1) is 5.69 Å². The Bertz CT molecular complexity index is 512. The second-order valence-corrected chi connectivity index (χ2v) is 5.50. The van der Waals surface area contributed by atoms with Gasteiger partial charge in [-0.25, -0.2) is 0 Å². The van der Waals surface area contributed by atoms with E-state index in [-0.39, 0.29) is 5.21 Å². The van der Waals surface area contributed by atoms with Gasteiger partial charge in [-0.05, 0) is 24.1 Å². The van der Waals surface area contributed by atoms with Crippen LogP contribution in [0.15, 0.2) is 42.6 Å². The Kier molecular flexibility index (Phi) is 3.10. The number of aromatic nitrogens is 1. The zero-order valence-corrected chi connectivity index (χ0v) is 11.0. The van der Waals surface area contributed by atoms with Crippen LogP contribution >= 0.6 is 0 Å². The molecule has 3 heteroatoms. The number of hydrogen-bond donors (Lipinski definition) is 0. The SMILES string of the molecule is BC(B)(C)c1ccc(-c2ccccc2C)nc1. The van der Waals surface area contributed by atoms with Crippen LogP contribution in [0.5, 0.6) is 0 Å². The van der Waals surface area contributed by atoms with Crippen LogP contribution < -0.4 is 0 Å². The summed E-state index contributed by atoms with van der Waals surface area (Å²) in [5, 5.41) is 0.164. The topological polar surface area (TPSA) is 12.9 Å². The Hall–Kier alpha value is -1.50. The van der Waals surface area contributed by atoms with Crippen LogP contribution in [0.25, 0.3) is 11.3 Å². The molecule has 1 aromatic heterocycles. The van der Waals surface area contributed by atoms with Crippen molar-refractivity contribution in [3.8, 4) is 11.3 Å². The van der Waals surface area contributed by atoms with Crippen molar-refractivity contribution in [1.29, 1.82) is 0 Å². The first kappa shape index (κ1) is 12.0. The van der Waals surface area contributed by atoms with E-state index in [1.54, 1.807) is 0 Å². The van der Waals surface area contributed by atoms with Gasteiger partial charge < -0.3 is 0 Å². The summed E-state index contributed by atoms with van der Waals surface area (Å²) in [5.74, 6) is 0. The highest BCUT2D eigenvalue weighted by molar-refractivity contribution is 6.39. The molecule has 0 saturated heterocycles. The van der Waals surface area contributed by atoms with Crippen LogP contribution in [-0.4, -0.2) is 20.7 Å².